The van der Waals surface area contributed by atoms with E-state index in [4.69, 9.17) is 21.6 Å². The fourth-order valence-corrected chi connectivity index (χ4v) is 3.57. The van der Waals surface area contributed by atoms with Crippen LogP contribution in [0.1, 0.15) is 5.56 Å². The Morgan fingerprint density at radius 2 is 2.17 bits per heavy atom. The highest BCUT2D eigenvalue weighted by molar-refractivity contribution is 9.10. The standard InChI is InChI=1S/C13H8BrClFN3O3S/c1-22-13-11(4-7(15)6-18-13)23(20,21)19-10-3-2-9(16)12(14)8(10)5-17/h2-4,6,19H,1H3. The summed E-state index contributed by atoms with van der Waals surface area (Å²) in [5.41, 5.74) is -0.287. The average Bonchev–Trinajstić information content (AvgIpc) is 2.51. The first-order valence-electron chi connectivity index (χ1n) is 5.90. The van der Waals surface area contributed by atoms with Crippen molar-refractivity contribution in [3.05, 3.63) is 45.3 Å². The maximum atomic E-state index is 13.5. The van der Waals surface area contributed by atoms with Crippen LogP contribution in [0.3, 0.4) is 0 Å². The molecule has 0 unspecified atom stereocenters. The highest BCUT2D eigenvalue weighted by atomic mass is 79.9. The van der Waals surface area contributed by atoms with Crippen LogP contribution in [0, 0.1) is 17.1 Å². The lowest BCUT2D eigenvalue weighted by molar-refractivity contribution is 0.385. The van der Waals surface area contributed by atoms with Crippen molar-refractivity contribution in [1.29, 1.82) is 5.26 Å². The predicted molar refractivity (Wildman–Crippen MR) is 85.4 cm³/mol. The van der Waals surface area contributed by atoms with Gasteiger partial charge in [-0.05, 0) is 34.1 Å². The van der Waals surface area contributed by atoms with E-state index in [2.05, 4.69) is 25.6 Å². The third kappa shape index (κ3) is 3.55. The van der Waals surface area contributed by atoms with Crippen LogP contribution >= 0.6 is 27.5 Å². The maximum Gasteiger partial charge on any atom is 0.267 e. The van der Waals surface area contributed by atoms with Crippen LogP contribution in [0.2, 0.25) is 5.02 Å². The molecule has 120 valence electrons. The molecule has 0 amide bonds. The molecule has 1 aromatic heterocycles. The molecule has 1 heterocycles. The molecule has 0 aliphatic heterocycles. The number of nitrogens with one attached hydrogen (secondary N) is 1. The number of pyridine rings is 1. The van der Waals surface area contributed by atoms with Crippen molar-refractivity contribution in [2.45, 2.75) is 4.90 Å². The van der Waals surface area contributed by atoms with E-state index < -0.39 is 15.8 Å². The topological polar surface area (TPSA) is 92.1 Å². The lowest BCUT2D eigenvalue weighted by Crippen LogP contribution is -2.16. The maximum absolute atomic E-state index is 13.5. The summed E-state index contributed by atoms with van der Waals surface area (Å²) in [6.45, 7) is 0. The Balaban J connectivity index is 2.55. The van der Waals surface area contributed by atoms with Crippen LogP contribution in [-0.4, -0.2) is 20.5 Å². The van der Waals surface area contributed by atoms with Gasteiger partial charge in [-0.25, -0.2) is 17.8 Å². The van der Waals surface area contributed by atoms with Crippen molar-refractivity contribution >= 4 is 43.2 Å². The van der Waals surface area contributed by atoms with Crippen LogP contribution in [0.25, 0.3) is 0 Å². The van der Waals surface area contributed by atoms with Gasteiger partial charge in [0.15, 0.2) is 4.90 Å². The highest BCUT2D eigenvalue weighted by Crippen LogP contribution is 2.31. The van der Waals surface area contributed by atoms with E-state index >= 15 is 0 Å². The van der Waals surface area contributed by atoms with Gasteiger partial charge in [-0.15, -0.1) is 0 Å². The van der Waals surface area contributed by atoms with E-state index in [-0.39, 0.29) is 31.5 Å². The van der Waals surface area contributed by atoms with Gasteiger partial charge in [-0.3, -0.25) is 4.72 Å². The Hall–Kier alpha value is -1.89. The summed E-state index contributed by atoms with van der Waals surface area (Å²) in [7, 11) is -2.90. The molecule has 0 spiro atoms. The minimum atomic E-state index is -4.16. The number of aromatic nitrogens is 1. The third-order valence-corrected chi connectivity index (χ3v) is 5.06. The molecule has 0 radical (unpaired) electrons. The first-order chi connectivity index (χ1) is 10.8. The quantitative estimate of drug-likeness (QED) is 0.819. The second-order valence-electron chi connectivity index (χ2n) is 4.16. The van der Waals surface area contributed by atoms with Crippen molar-refractivity contribution in [1.82, 2.24) is 4.98 Å². The monoisotopic (exact) mass is 419 g/mol. The molecule has 0 saturated carbocycles. The van der Waals surface area contributed by atoms with Crippen LogP contribution in [0.4, 0.5) is 10.1 Å². The van der Waals surface area contributed by atoms with Gasteiger partial charge in [-0.2, -0.15) is 5.26 Å². The zero-order valence-corrected chi connectivity index (χ0v) is 14.6. The molecule has 0 aliphatic rings. The van der Waals surface area contributed by atoms with Gasteiger partial charge >= 0.3 is 0 Å². The normalized spacial score (nSPS) is 10.9. The summed E-state index contributed by atoms with van der Waals surface area (Å²) < 4.78 is 45.4. The fraction of sp³-hybridized carbons (Fsp3) is 0.0769. The van der Waals surface area contributed by atoms with Crippen molar-refractivity contribution in [3.63, 3.8) is 0 Å². The van der Waals surface area contributed by atoms with Crippen molar-refractivity contribution in [2.75, 3.05) is 11.8 Å². The molecule has 10 heteroatoms. The first-order valence-corrected chi connectivity index (χ1v) is 8.56. The summed E-state index contributed by atoms with van der Waals surface area (Å²) >= 11 is 8.67. The van der Waals surface area contributed by atoms with Crippen molar-refractivity contribution in [3.8, 4) is 11.9 Å². The van der Waals surface area contributed by atoms with Gasteiger partial charge in [-0.1, -0.05) is 11.6 Å². The second-order valence-corrected chi connectivity index (χ2v) is 7.04. The highest BCUT2D eigenvalue weighted by Gasteiger charge is 2.23. The number of rotatable bonds is 4. The summed E-state index contributed by atoms with van der Waals surface area (Å²) in [5.74, 6) is -0.854. The molecule has 0 saturated heterocycles. The van der Waals surface area contributed by atoms with Crippen molar-refractivity contribution in [2.24, 2.45) is 0 Å². The SMILES string of the molecule is COc1ncc(Cl)cc1S(=O)(=O)Nc1ccc(F)c(Br)c1C#N. The molecule has 0 aliphatic carbocycles. The number of ether oxygens (including phenoxy) is 1. The zero-order valence-electron chi connectivity index (χ0n) is 11.5. The predicted octanol–water partition coefficient (Wildman–Crippen LogP) is 3.32. The van der Waals surface area contributed by atoms with Crippen LogP contribution in [-0.2, 0) is 10.0 Å². The summed E-state index contributed by atoms with van der Waals surface area (Å²) in [4.78, 5) is 3.46. The summed E-state index contributed by atoms with van der Waals surface area (Å²) in [5, 5.41) is 9.19. The minimum absolute atomic E-state index is 0.0898. The molecular formula is C13H8BrClFN3O3S. The lowest BCUT2D eigenvalue weighted by Gasteiger charge is -2.12. The molecule has 0 atom stereocenters. The van der Waals surface area contributed by atoms with Gasteiger partial charge in [0.1, 0.15) is 11.9 Å². The number of methoxy groups -OCH3 is 1. The lowest BCUT2D eigenvalue weighted by atomic mass is 10.2. The Kier molecular flexibility index (Phi) is 5.09. The Morgan fingerprint density at radius 1 is 1.48 bits per heavy atom. The molecule has 2 aromatic rings. The average molecular weight is 421 g/mol. The molecule has 2 rings (SSSR count). The molecule has 6 nitrogen and oxygen atoms in total. The Morgan fingerprint density at radius 3 is 2.78 bits per heavy atom. The number of hydrogen-bond acceptors (Lipinski definition) is 5. The van der Waals surface area contributed by atoms with Gasteiger partial charge in [0.05, 0.1) is 27.9 Å². The largest absolute Gasteiger partial charge is 0.480 e. The molecule has 23 heavy (non-hydrogen) atoms. The number of nitrogens with zero attached hydrogens (tertiary/aromatic N) is 2. The number of hydrogen-bond donors (Lipinski definition) is 1. The van der Waals surface area contributed by atoms with E-state index in [1.165, 1.54) is 13.3 Å². The molecule has 0 bridgehead atoms. The van der Waals surface area contributed by atoms with Crippen molar-refractivity contribution < 1.29 is 17.5 Å². The molecule has 1 N–H and O–H groups in total. The number of halogens is 3. The third-order valence-electron chi connectivity index (χ3n) is 2.72. The van der Waals surface area contributed by atoms with Gasteiger partial charge < -0.3 is 4.74 Å². The number of benzene rings is 1. The smallest absolute Gasteiger partial charge is 0.267 e. The Labute approximate surface area is 145 Å². The molecular weight excluding hydrogens is 413 g/mol. The first kappa shape index (κ1) is 17.5. The summed E-state index contributed by atoms with van der Waals surface area (Å²) in [6, 6.07) is 5.05. The molecule has 1 aromatic carbocycles. The minimum Gasteiger partial charge on any atom is -0.480 e. The van der Waals surface area contributed by atoms with E-state index in [0.717, 1.165) is 18.2 Å². The fourth-order valence-electron chi connectivity index (χ4n) is 1.70. The number of nitriles is 1. The van der Waals surface area contributed by atoms with Crippen LogP contribution < -0.4 is 9.46 Å². The van der Waals surface area contributed by atoms with Gasteiger partial charge in [0, 0.05) is 6.20 Å². The Bertz CT molecular complexity index is 915. The van der Waals surface area contributed by atoms with E-state index in [1.807, 2.05) is 0 Å². The summed E-state index contributed by atoms with van der Waals surface area (Å²) in [6.07, 6.45) is 1.23. The molecule has 0 fully saturated rings. The van der Waals surface area contributed by atoms with E-state index in [1.54, 1.807) is 6.07 Å². The van der Waals surface area contributed by atoms with Gasteiger partial charge in [0.25, 0.3) is 10.0 Å². The number of anilines is 1. The van der Waals surface area contributed by atoms with Crippen LogP contribution in [0.5, 0.6) is 5.88 Å². The zero-order chi connectivity index (χ0) is 17.2. The van der Waals surface area contributed by atoms with Crippen LogP contribution in [0.15, 0.2) is 33.8 Å². The second kappa shape index (κ2) is 6.70. The van der Waals surface area contributed by atoms with E-state index in [9.17, 15) is 12.8 Å². The van der Waals surface area contributed by atoms with E-state index in [0.29, 0.717) is 0 Å². The van der Waals surface area contributed by atoms with Gasteiger partial charge in [0.2, 0.25) is 5.88 Å². The number of sulfonamides is 1.